The van der Waals surface area contributed by atoms with E-state index in [1.807, 2.05) is 0 Å². The number of hydrogen-bond donors (Lipinski definition) is 0. The Morgan fingerprint density at radius 1 is 0.333 bits per heavy atom. The van der Waals surface area contributed by atoms with E-state index in [2.05, 4.69) is 48.5 Å². The zero-order valence-electron chi connectivity index (χ0n) is 18.4. The lowest BCUT2D eigenvalue weighted by Gasteiger charge is -2.16. The van der Waals surface area contributed by atoms with Crippen molar-refractivity contribution in [3.8, 4) is 0 Å². The summed E-state index contributed by atoms with van der Waals surface area (Å²) >= 11 is 0. The Bertz CT molecular complexity index is 253. The highest BCUT2D eigenvalue weighted by Gasteiger charge is 2.08. The molecule has 0 saturated carbocycles. The van der Waals surface area contributed by atoms with Crippen LogP contribution >= 0.6 is 0 Å². The van der Waals surface area contributed by atoms with Gasteiger partial charge in [0, 0.05) is 0 Å². The lowest BCUT2D eigenvalue weighted by Crippen LogP contribution is -2.01. The predicted molar refractivity (Wildman–Crippen MR) is 113 cm³/mol. The Morgan fingerprint density at radius 2 is 0.667 bits per heavy atom. The van der Waals surface area contributed by atoms with Gasteiger partial charge in [-0.15, -0.1) is 0 Å². The summed E-state index contributed by atoms with van der Waals surface area (Å²) in [6.45, 7) is 16.8. The van der Waals surface area contributed by atoms with Gasteiger partial charge in [0.1, 0.15) is 0 Å². The van der Waals surface area contributed by atoms with Crippen LogP contribution in [0.2, 0.25) is 0 Å². The molecule has 0 aromatic carbocycles. The lowest BCUT2D eigenvalue weighted by molar-refractivity contribution is 0.373. The Kier molecular flexibility index (Phi) is 15.3. The van der Waals surface area contributed by atoms with Crippen LogP contribution < -0.4 is 0 Å². The van der Waals surface area contributed by atoms with Gasteiger partial charge in [0.2, 0.25) is 0 Å². The predicted octanol–water partition coefficient (Wildman–Crippen LogP) is 8.89. The highest BCUT2D eigenvalue weighted by atomic mass is 14.1. The maximum atomic E-state index is 2.48. The van der Waals surface area contributed by atoms with Crippen molar-refractivity contribution in [3.05, 3.63) is 0 Å². The maximum absolute atomic E-state index is 2.48. The van der Waals surface area contributed by atoms with Gasteiger partial charge in [0.05, 0.1) is 0 Å². The van der Waals surface area contributed by atoms with Crippen LogP contribution in [0.1, 0.15) is 126 Å². The van der Waals surface area contributed by atoms with Crippen molar-refractivity contribution < 1.29 is 0 Å². The molecule has 0 aliphatic heterocycles. The average molecular weight is 339 g/mol. The molecule has 3 unspecified atom stereocenters. The van der Waals surface area contributed by atoms with Crippen molar-refractivity contribution in [1.82, 2.24) is 0 Å². The molecule has 0 rings (SSSR count). The molecule has 0 bridgehead atoms. The fourth-order valence-electron chi connectivity index (χ4n) is 3.73. The van der Waals surface area contributed by atoms with Gasteiger partial charge in [-0.3, -0.25) is 0 Å². The third kappa shape index (κ3) is 16.8. The van der Waals surface area contributed by atoms with Crippen molar-refractivity contribution in [2.75, 3.05) is 0 Å². The Balaban J connectivity index is 3.47. The van der Waals surface area contributed by atoms with Gasteiger partial charge in [-0.2, -0.15) is 0 Å². The Hall–Kier alpha value is 0. The van der Waals surface area contributed by atoms with Crippen LogP contribution in [0.25, 0.3) is 0 Å². The third-order valence-corrected chi connectivity index (χ3v) is 5.75. The molecule has 0 heteroatoms. The van der Waals surface area contributed by atoms with Gasteiger partial charge in [0.15, 0.2) is 0 Å². The number of unbranched alkanes of at least 4 members (excludes halogenated alkanes) is 1. The van der Waals surface area contributed by atoms with Crippen molar-refractivity contribution in [2.45, 2.75) is 126 Å². The van der Waals surface area contributed by atoms with E-state index in [1.165, 1.54) is 77.0 Å². The molecule has 0 aromatic heterocycles. The fourth-order valence-corrected chi connectivity index (χ4v) is 3.73. The molecular weight excluding hydrogens is 288 g/mol. The first kappa shape index (κ1) is 24.0. The van der Waals surface area contributed by atoms with Crippen molar-refractivity contribution in [1.29, 1.82) is 0 Å². The minimum absolute atomic E-state index is 0.875. The van der Waals surface area contributed by atoms with Crippen molar-refractivity contribution in [3.63, 3.8) is 0 Å². The molecule has 0 heterocycles. The molecule has 0 fully saturated rings. The topological polar surface area (TPSA) is 0 Å². The van der Waals surface area contributed by atoms with E-state index in [1.54, 1.807) is 0 Å². The molecular formula is C24H50. The molecule has 0 N–H and O–H groups in total. The van der Waals surface area contributed by atoms with Gasteiger partial charge in [-0.1, -0.05) is 126 Å². The quantitative estimate of drug-likeness (QED) is 0.246. The highest BCUT2D eigenvalue weighted by Crippen LogP contribution is 2.23. The maximum Gasteiger partial charge on any atom is -0.0443 e. The first-order valence-corrected chi connectivity index (χ1v) is 11.3. The summed E-state index contributed by atoms with van der Waals surface area (Å²) in [5.74, 6) is 4.58. The van der Waals surface area contributed by atoms with Crippen molar-refractivity contribution >= 4 is 0 Å². The number of rotatable bonds is 16. The van der Waals surface area contributed by atoms with Crippen LogP contribution in [-0.4, -0.2) is 0 Å². The van der Waals surface area contributed by atoms with E-state index in [0.717, 1.165) is 29.6 Å². The fraction of sp³-hybridized carbons (Fsp3) is 1.00. The minimum atomic E-state index is 0.875. The van der Waals surface area contributed by atoms with Crippen LogP contribution in [0.3, 0.4) is 0 Å². The van der Waals surface area contributed by atoms with Gasteiger partial charge in [0.25, 0.3) is 0 Å². The molecule has 146 valence electrons. The SMILES string of the molecule is CC(C)CCCC(C)CCCC(C)CCCCC(C)CCC(C)C. The van der Waals surface area contributed by atoms with E-state index in [9.17, 15) is 0 Å². The first-order valence-electron chi connectivity index (χ1n) is 11.3. The normalized spacial score (nSPS) is 15.9. The second kappa shape index (κ2) is 15.3. The van der Waals surface area contributed by atoms with Crippen molar-refractivity contribution in [2.24, 2.45) is 29.6 Å². The van der Waals surface area contributed by atoms with Crippen LogP contribution in [0.5, 0.6) is 0 Å². The molecule has 0 radical (unpaired) electrons. The van der Waals surface area contributed by atoms with Crippen LogP contribution in [-0.2, 0) is 0 Å². The third-order valence-electron chi connectivity index (χ3n) is 5.75. The monoisotopic (exact) mass is 338 g/mol. The summed E-state index contributed by atoms with van der Waals surface area (Å²) in [5.41, 5.74) is 0. The van der Waals surface area contributed by atoms with E-state index in [4.69, 9.17) is 0 Å². The Morgan fingerprint density at radius 3 is 1.08 bits per heavy atom. The molecule has 0 aliphatic carbocycles. The van der Waals surface area contributed by atoms with E-state index >= 15 is 0 Å². The summed E-state index contributed by atoms with van der Waals surface area (Å²) in [4.78, 5) is 0. The molecule has 3 atom stereocenters. The molecule has 0 spiro atoms. The number of hydrogen-bond acceptors (Lipinski definition) is 0. The van der Waals surface area contributed by atoms with E-state index in [0.29, 0.717) is 0 Å². The van der Waals surface area contributed by atoms with Crippen LogP contribution in [0, 0.1) is 29.6 Å². The largest absolute Gasteiger partial charge is 0.0628 e. The molecule has 0 aliphatic rings. The Labute approximate surface area is 155 Å². The van der Waals surface area contributed by atoms with E-state index in [-0.39, 0.29) is 0 Å². The summed E-state index contributed by atoms with van der Waals surface area (Å²) in [6, 6.07) is 0. The van der Waals surface area contributed by atoms with Gasteiger partial charge in [-0.25, -0.2) is 0 Å². The van der Waals surface area contributed by atoms with Gasteiger partial charge in [-0.05, 0) is 29.6 Å². The smallest absolute Gasteiger partial charge is 0.0443 e. The van der Waals surface area contributed by atoms with Gasteiger partial charge < -0.3 is 0 Å². The minimum Gasteiger partial charge on any atom is -0.0628 e. The second-order valence-electron chi connectivity index (χ2n) is 9.83. The van der Waals surface area contributed by atoms with Crippen LogP contribution in [0.15, 0.2) is 0 Å². The average Bonchev–Trinajstić information content (AvgIpc) is 2.49. The molecule has 0 amide bonds. The zero-order chi connectivity index (χ0) is 18.4. The van der Waals surface area contributed by atoms with E-state index < -0.39 is 0 Å². The highest BCUT2D eigenvalue weighted by molar-refractivity contribution is 4.61. The van der Waals surface area contributed by atoms with Gasteiger partial charge >= 0.3 is 0 Å². The molecule has 24 heavy (non-hydrogen) atoms. The molecule has 0 aromatic rings. The summed E-state index contributed by atoms with van der Waals surface area (Å²) in [6.07, 6.45) is 17.3. The second-order valence-corrected chi connectivity index (χ2v) is 9.83. The zero-order valence-corrected chi connectivity index (χ0v) is 18.4. The molecule has 0 saturated heterocycles. The van der Waals surface area contributed by atoms with Crippen LogP contribution in [0.4, 0.5) is 0 Å². The lowest BCUT2D eigenvalue weighted by atomic mass is 9.90. The summed E-state index contributed by atoms with van der Waals surface area (Å²) in [5, 5.41) is 0. The molecule has 0 nitrogen and oxygen atoms in total. The first-order chi connectivity index (χ1) is 11.3. The summed E-state index contributed by atoms with van der Waals surface area (Å²) in [7, 11) is 0. The summed E-state index contributed by atoms with van der Waals surface area (Å²) < 4.78 is 0. The standard InChI is InChI=1S/C24H50/c1-20(2)12-10-15-23(6)17-11-16-22(5)13-8-9-14-24(7)19-18-21(3)4/h20-24H,8-19H2,1-7H3.